The maximum atomic E-state index is 12.6. The maximum Gasteiger partial charge on any atom is 0.290 e. The summed E-state index contributed by atoms with van der Waals surface area (Å²) in [4.78, 5) is 9.99. The largest absolute Gasteiger partial charge is 0.314 e. The van der Waals surface area contributed by atoms with E-state index in [4.69, 9.17) is 11.6 Å². The normalized spacial score (nSPS) is 20.8. The highest BCUT2D eigenvalue weighted by molar-refractivity contribution is 7.89. The minimum atomic E-state index is -3.91. The molecule has 1 aromatic carbocycles. The lowest BCUT2D eigenvalue weighted by Crippen LogP contribution is -2.52. The second kappa shape index (κ2) is 5.65. The third-order valence-electron chi connectivity index (χ3n) is 3.14. The van der Waals surface area contributed by atoms with Crippen molar-refractivity contribution in [3.8, 4) is 0 Å². The van der Waals surface area contributed by atoms with Crippen LogP contribution in [-0.2, 0) is 10.0 Å². The van der Waals surface area contributed by atoms with Gasteiger partial charge in [-0.05, 0) is 19.1 Å². The molecule has 0 unspecified atom stereocenters. The van der Waals surface area contributed by atoms with E-state index >= 15 is 0 Å². The molecule has 1 aliphatic rings. The molecule has 2 rings (SSSR count). The highest BCUT2D eigenvalue weighted by atomic mass is 35.5. The highest BCUT2D eigenvalue weighted by Crippen LogP contribution is 2.30. The van der Waals surface area contributed by atoms with Crippen LogP contribution in [0.1, 0.15) is 6.92 Å². The van der Waals surface area contributed by atoms with Crippen molar-refractivity contribution >= 4 is 27.3 Å². The van der Waals surface area contributed by atoms with Gasteiger partial charge in [0.1, 0.15) is 0 Å². The molecule has 0 radical (unpaired) electrons. The molecule has 1 atom stereocenters. The number of nitrogens with one attached hydrogen (secondary N) is 1. The first kappa shape index (κ1) is 15.2. The number of hydrogen-bond acceptors (Lipinski definition) is 5. The Bertz CT molecular complexity index is 635. The van der Waals surface area contributed by atoms with Crippen LogP contribution in [0.3, 0.4) is 0 Å². The summed E-state index contributed by atoms with van der Waals surface area (Å²) in [6.07, 6.45) is 0. The standard InChI is InChI=1S/C11H14ClN3O4S/c1-8-7-13-4-5-14(8)20(18,19)11-3-2-9(12)6-10(11)15(16)17/h2-3,6,8,13H,4-5,7H2,1H3/t8-/m0/s1. The van der Waals surface area contributed by atoms with Gasteiger partial charge in [-0.25, -0.2) is 8.42 Å². The molecule has 7 nitrogen and oxygen atoms in total. The van der Waals surface area contributed by atoms with Gasteiger partial charge in [-0.1, -0.05) is 11.6 Å². The Morgan fingerprint density at radius 1 is 1.50 bits per heavy atom. The minimum absolute atomic E-state index is 0.129. The maximum absolute atomic E-state index is 12.6. The number of nitro groups is 1. The third-order valence-corrected chi connectivity index (χ3v) is 5.44. The lowest BCUT2D eigenvalue weighted by molar-refractivity contribution is -0.387. The van der Waals surface area contributed by atoms with Crippen molar-refractivity contribution in [2.24, 2.45) is 0 Å². The van der Waals surface area contributed by atoms with Gasteiger partial charge in [0.25, 0.3) is 5.69 Å². The molecule has 1 N–H and O–H groups in total. The van der Waals surface area contributed by atoms with E-state index in [0.717, 1.165) is 6.07 Å². The molecule has 0 saturated carbocycles. The van der Waals surface area contributed by atoms with Gasteiger partial charge in [-0.3, -0.25) is 10.1 Å². The molecule has 20 heavy (non-hydrogen) atoms. The summed E-state index contributed by atoms with van der Waals surface area (Å²) in [6, 6.07) is 3.32. The van der Waals surface area contributed by atoms with Gasteiger partial charge in [0.15, 0.2) is 4.90 Å². The van der Waals surface area contributed by atoms with Gasteiger partial charge in [0, 0.05) is 36.8 Å². The SMILES string of the molecule is C[C@H]1CNCCN1S(=O)(=O)c1ccc(Cl)cc1[N+](=O)[O-]. The average Bonchev–Trinajstić information content (AvgIpc) is 2.38. The van der Waals surface area contributed by atoms with Crippen molar-refractivity contribution in [2.75, 3.05) is 19.6 Å². The Balaban J connectivity index is 2.51. The van der Waals surface area contributed by atoms with Gasteiger partial charge in [-0.15, -0.1) is 0 Å². The Kier molecular flexibility index (Phi) is 4.28. The number of piperazine rings is 1. The zero-order valence-electron chi connectivity index (χ0n) is 10.7. The molecule has 0 aromatic heterocycles. The van der Waals surface area contributed by atoms with Crippen LogP contribution >= 0.6 is 11.6 Å². The monoisotopic (exact) mass is 319 g/mol. The van der Waals surface area contributed by atoms with Crippen molar-refractivity contribution in [2.45, 2.75) is 17.9 Å². The van der Waals surface area contributed by atoms with Gasteiger partial charge >= 0.3 is 0 Å². The second-order valence-corrected chi connectivity index (χ2v) is 6.83. The van der Waals surface area contributed by atoms with E-state index in [2.05, 4.69) is 5.32 Å². The van der Waals surface area contributed by atoms with Crippen LogP contribution in [0.2, 0.25) is 5.02 Å². The molecular formula is C11H14ClN3O4S. The van der Waals surface area contributed by atoms with Crippen molar-refractivity contribution in [1.29, 1.82) is 0 Å². The highest BCUT2D eigenvalue weighted by Gasteiger charge is 2.35. The average molecular weight is 320 g/mol. The van der Waals surface area contributed by atoms with Gasteiger partial charge in [0.05, 0.1) is 4.92 Å². The smallest absolute Gasteiger partial charge is 0.290 e. The number of halogens is 1. The predicted molar refractivity (Wildman–Crippen MR) is 74.3 cm³/mol. The van der Waals surface area contributed by atoms with Gasteiger partial charge < -0.3 is 5.32 Å². The van der Waals surface area contributed by atoms with E-state index in [0.29, 0.717) is 13.1 Å². The summed E-state index contributed by atoms with van der Waals surface area (Å²) in [6.45, 7) is 3.07. The van der Waals surface area contributed by atoms with E-state index < -0.39 is 20.6 Å². The predicted octanol–water partition coefficient (Wildman–Crippen LogP) is 1.23. The molecule has 0 bridgehead atoms. The van der Waals surface area contributed by atoms with Crippen molar-refractivity contribution < 1.29 is 13.3 Å². The Morgan fingerprint density at radius 2 is 2.20 bits per heavy atom. The van der Waals surface area contributed by atoms with Gasteiger partial charge in [-0.2, -0.15) is 4.31 Å². The summed E-state index contributed by atoms with van der Waals surface area (Å²) < 4.78 is 26.4. The summed E-state index contributed by atoms with van der Waals surface area (Å²) in [5.74, 6) is 0. The fourth-order valence-electron chi connectivity index (χ4n) is 2.16. The van der Waals surface area contributed by atoms with Crippen LogP contribution in [0.4, 0.5) is 5.69 Å². The van der Waals surface area contributed by atoms with E-state index in [1.807, 2.05) is 0 Å². The first-order chi connectivity index (χ1) is 9.34. The molecule has 0 spiro atoms. The number of hydrogen-bond donors (Lipinski definition) is 1. The fourth-order valence-corrected chi connectivity index (χ4v) is 4.09. The molecule has 0 amide bonds. The topological polar surface area (TPSA) is 92.6 Å². The van der Waals surface area contributed by atoms with Crippen molar-refractivity contribution in [3.05, 3.63) is 33.3 Å². The number of sulfonamides is 1. The summed E-state index contributed by atoms with van der Waals surface area (Å²) in [7, 11) is -3.91. The zero-order chi connectivity index (χ0) is 14.9. The van der Waals surface area contributed by atoms with Crippen LogP contribution in [0.25, 0.3) is 0 Å². The molecule has 1 fully saturated rings. The molecule has 1 aliphatic heterocycles. The van der Waals surface area contributed by atoms with Crippen LogP contribution in [0.15, 0.2) is 23.1 Å². The Hall–Kier alpha value is -1.22. The fraction of sp³-hybridized carbons (Fsp3) is 0.455. The first-order valence-electron chi connectivity index (χ1n) is 6.00. The van der Waals surface area contributed by atoms with E-state index in [1.165, 1.54) is 16.4 Å². The van der Waals surface area contributed by atoms with Crippen LogP contribution < -0.4 is 5.32 Å². The third kappa shape index (κ3) is 2.78. The van der Waals surface area contributed by atoms with Crippen molar-refractivity contribution in [3.63, 3.8) is 0 Å². The zero-order valence-corrected chi connectivity index (χ0v) is 12.3. The van der Waals surface area contributed by atoms with E-state index in [9.17, 15) is 18.5 Å². The molecule has 0 aliphatic carbocycles. The molecule has 110 valence electrons. The lowest BCUT2D eigenvalue weighted by atomic mass is 10.3. The Labute approximate surface area is 121 Å². The van der Waals surface area contributed by atoms with Crippen LogP contribution in [0.5, 0.6) is 0 Å². The molecule has 1 heterocycles. The number of benzene rings is 1. The van der Waals surface area contributed by atoms with E-state index in [-0.39, 0.29) is 22.5 Å². The molecule has 9 heteroatoms. The number of nitro benzene ring substituents is 1. The number of nitrogens with zero attached hydrogens (tertiary/aromatic N) is 2. The Morgan fingerprint density at radius 3 is 2.80 bits per heavy atom. The second-order valence-electron chi connectivity index (χ2n) is 4.54. The van der Waals surface area contributed by atoms with Crippen LogP contribution in [-0.4, -0.2) is 43.3 Å². The summed E-state index contributed by atoms with van der Waals surface area (Å²) in [5, 5.41) is 14.2. The molecular weight excluding hydrogens is 306 g/mol. The van der Waals surface area contributed by atoms with Crippen molar-refractivity contribution in [1.82, 2.24) is 9.62 Å². The number of rotatable bonds is 3. The minimum Gasteiger partial charge on any atom is -0.314 e. The summed E-state index contributed by atoms with van der Waals surface area (Å²) in [5.41, 5.74) is -0.497. The van der Waals surface area contributed by atoms with Gasteiger partial charge in [0.2, 0.25) is 10.0 Å². The molecule has 1 aromatic rings. The first-order valence-corrected chi connectivity index (χ1v) is 7.82. The van der Waals surface area contributed by atoms with Crippen LogP contribution in [0, 0.1) is 10.1 Å². The van der Waals surface area contributed by atoms with E-state index in [1.54, 1.807) is 6.92 Å². The summed E-state index contributed by atoms with van der Waals surface area (Å²) >= 11 is 5.70. The molecule has 1 saturated heterocycles. The lowest BCUT2D eigenvalue weighted by Gasteiger charge is -2.32. The quantitative estimate of drug-likeness (QED) is 0.668.